The van der Waals surface area contributed by atoms with Gasteiger partial charge in [-0.2, -0.15) is 0 Å². The minimum Gasteiger partial charge on any atom is -0.314 e. The Bertz CT molecular complexity index is 168. The molecule has 0 aromatic carbocycles. The van der Waals surface area contributed by atoms with Crippen molar-refractivity contribution in [3.8, 4) is 12.3 Å². The summed E-state index contributed by atoms with van der Waals surface area (Å²) in [4.78, 5) is 0. The zero-order valence-corrected chi connectivity index (χ0v) is 8.19. The predicted molar refractivity (Wildman–Crippen MR) is 52.9 cm³/mol. The summed E-state index contributed by atoms with van der Waals surface area (Å²) in [5, 5.41) is 3.51. The number of unbranched alkanes of at least 4 members (excludes halogenated alkanes) is 1. The van der Waals surface area contributed by atoms with Gasteiger partial charge in [0, 0.05) is 12.5 Å². The summed E-state index contributed by atoms with van der Waals surface area (Å²) in [6, 6.07) is 0.762. The highest BCUT2D eigenvalue weighted by molar-refractivity contribution is 4.91. The number of hydrogen-bond donors (Lipinski definition) is 1. The van der Waals surface area contributed by atoms with E-state index in [0.29, 0.717) is 5.41 Å². The lowest BCUT2D eigenvalue weighted by molar-refractivity contribution is 0.126. The van der Waals surface area contributed by atoms with Crippen LogP contribution in [-0.4, -0.2) is 12.6 Å². The van der Waals surface area contributed by atoms with Gasteiger partial charge in [-0.3, -0.25) is 0 Å². The Kier molecular flexibility index (Phi) is 3.17. The van der Waals surface area contributed by atoms with Crippen LogP contribution in [0.5, 0.6) is 0 Å². The lowest BCUT2D eigenvalue weighted by atomic mass is 9.68. The fourth-order valence-corrected chi connectivity index (χ4v) is 1.92. The van der Waals surface area contributed by atoms with E-state index in [-0.39, 0.29) is 0 Å². The van der Waals surface area contributed by atoms with Crippen molar-refractivity contribution in [2.45, 2.75) is 45.6 Å². The molecule has 0 aliphatic heterocycles. The maximum absolute atomic E-state index is 5.16. The molecule has 68 valence electrons. The Labute approximate surface area is 75.9 Å². The molecule has 0 amide bonds. The minimum atomic E-state index is 0.587. The molecule has 0 bridgehead atoms. The van der Waals surface area contributed by atoms with E-state index >= 15 is 0 Å². The summed E-state index contributed by atoms with van der Waals surface area (Å²) in [5.41, 5.74) is 0.587. The van der Waals surface area contributed by atoms with Crippen molar-refractivity contribution in [2.24, 2.45) is 5.41 Å². The summed E-state index contributed by atoms with van der Waals surface area (Å²) in [6.07, 6.45) is 9.83. The van der Waals surface area contributed by atoms with Crippen molar-refractivity contribution >= 4 is 0 Å². The molecule has 1 nitrogen and oxygen atoms in total. The van der Waals surface area contributed by atoms with Gasteiger partial charge in [-0.1, -0.05) is 13.8 Å². The monoisotopic (exact) mass is 165 g/mol. The van der Waals surface area contributed by atoms with Crippen molar-refractivity contribution in [3.63, 3.8) is 0 Å². The molecule has 1 heteroatoms. The van der Waals surface area contributed by atoms with E-state index in [1.54, 1.807) is 0 Å². The van der Waals surface area contributed by atoms with Gasteiger partial charge < -0.3 is 5.32 Å². The van der Waals surface area contributed by atoms with Crippen molar-refractivity contribution < 1.29 is 0 Å². The molecular weight excluding hydrogens is 146 g/mol. The van der Waals surface area contributed by atoms with Crippen LogP contribution >= 0.6 is 0 Å². The average Bonchev–Trinajstić information content (AvgIpc) is 1.94. The van der Waals surface area contributed by atoms with Crippen molar-refractivity contribution in [1.82, 2.24) is 5.32 Å². The van der Waals surface area contributed by atoms with E-state index in [4.69, 9.17) is 6.42 Å². The largest absolute Gasteiger partial charge is 0.314 e. The van der Waals surface area contributed by atoms with Crippen molar-refractivity contribution in [3.05, 3.63) is 0 Å². The van der Waals surface area contributed by atoms with Crippen LogP contribution in [0, 0.1) is 17.8 Å². The molecule has 0 unspecified atom stereocenters. The summed E-state index contributed by atoms with van der Waals surface area (Å²) < 4.78 is 0. The molecular formula is C11H19N. The molecule has 0 radical (unpaired) electrons. The van der Waals surface area contributed by atoms with Gasteiger partial charge in [-0.05, 0) is 31.2 Å². The van der Waals surface area contributed by atoms with Crippen LogP contribution in [-0.2, 0) is 0 Å². The minimum absolute atomic E-state index is 0.587. The fraction of sp³-hybridized carbons (Fsp3) is 0.818. The van der Waals surface area contributed by atoms with Crippen LogP contribution in [0.1, 0.15) is 39.5 Å². The molecule has 1 fully saturated rings. The molecule has 0 aromatic rings. The maximum Gasteiger partial charge on any atom is 0.00981 e. The summed E-state index contributed by atoms with van der Waals surface area (Å²) in [7, 11) is 0. The second kappa shape index (κ2) is 3.96. The Balaban J connectivity index is 1.94. The molecule has 12 heavy (non-hydrogen) atoms. The van der Waals surface area contributed by atoms with E-state index in [2.05, 4.69) is 25.1 Å². The van der Waals surface area contributed by atoms with Crippen LogP contribution in [0.2, 0.25) is 0 Å². The maximum atomic E-state index is 5.16. The third kappa shape index (κ3) is 2.87. The van der Waals surface area contributed by atoms with Gasteiger partial charge in [0.05, 0.1) is 0 Å². The Hall–Kier alpha value is -0.480. The smallest absolute Gasteiger partial charge is 0.00981 e. The molecule has 0 heterocycles. The normalized spacial score (nSPS) is 21.4. The summed E-state index contributed by atoms with van der Waals surface area (Å²) >= 11 is 0. The highest BCUT2D eigenvalue weighted by atomic mass is 14.9. The molecule has 1 aliphatic rings. The summed E-state index contributed by atoms with van der Waals surface area (Å²) in [5.74, 6) is 2.65. The predicted octanol–water partition coefficient (Wildman–Crippen LogP) is 2.18. The molecule has 0 saturated heterocycles. The quantitative estimate of drug-likeness (QED) is 0.497. The first-order valence-electron chi connectivity index (χ1n) is 4.81. The van der Waals surface area contributed by atoms with E-state index in [9.17, 15) is 0 Å². The van der Waals surface area contributed by atoms with Crippen LogP contribution in [0.25, 0.3) is 0 Å². The van der Waals surface area contributed by atoms with Gasteiger partial charge >= 0.3 is 0 Å². The third-order valence-electron chi connectivity index (χ3n) is 2.53. The standard InChI is InChI=1S/C11H19N/c1-4-5-6-7-12-10-8-11(2,3)9-10/h1,10,12H,5-9H2,2-3H3. The van der Waals surface area contributed by atoms with Gasteiger partial charge in [0.1, 0.15) is 0 Å². The lowest BCUT2D eigenvalue weighted by Gasteiger charge is -2.43. The topological polar surface area (TPSA) is 12.0 Å². The van der Waals surface area contributed by atoms with Crippen LogP contribution < -0.4 is 5.32 Å². The molecule has 1 N–H and O–H groups in total. The zero-order valence-electron chi connectivity index (χ0n) is 8.19. The molecule has 0 aromatic heterocycles. The SMILES string of the molecule is C#CCCCNC1CC(C)(C)C1. The van der Waals surface area contributed by atoms with Gasteiger partial charge in [0.15, 0.2) is 0 Å². The van der Waals surface area contributed by atoms with Gasteiger partial charge in [-0.15, -0.1) is 12.3 Å². The zero-order chi connectivity index (χ0) is 9.03. The molecule has 1 aliphatic carbocycles. The highest BCUT2D eigenvalue weighted by Crippen LogP contribution is 2.39. The molecule has 1 rings (SSSR count). The Morgan fingerprint density at radius 1 is 1.50 bits per heavy atom. The van der Waals surface area contributed by atoms with Crippen LogP contribution in [0.15, 0.2) is 0 Å². The van der Waals surface area contributed by atoms with Crippen LogP contribution in [0.3, 0.4) is 0 Å². The number of terminal acetylenes is 1. The summed E-state index contributed by atoms with van der Waals surface area (Å²) in [6.45, 7) is 5.74. The third-order valence-corrected chi connectivity index (χ3v) is 2.53. The van der Waals surface area contributed by atoms with Crippen molar-refractivity contribution in [2.75, 3.05) is 6.54 Å². The molecule has 1 saturated carbocycles. The van der Waals surface area contributed by atoms with E-state index in [1.165, 1.54) is 12.8 Å². The number of rotatable bonds is 4. The molecule has 0 spiro atoms. The number of nitrogens with one attached hydrogen (secondary N) is 1. The van der Waals surface area contributed by atoms with E-state index < -0.39 is 0 Å². The fourth-order valence-electron chi connectivity index (χ4n) is 1.92. The second-order valence-corrected chi connectivity index (χ2v) is 4.53. The van der Waals surface area contributed by atoms with Crippen LogP contribution in [0.4, 0.5) is 0 Å². The number of hydrogen-bond acceptors (Lipinski definition) is 1. The second-order valence-electron chi connectivity index (χ2n) is 4.53. The van der Waals surface area contributed by atoms with E-state index in [0.717, 1.165) is 25.4 Å². The highest BCUT2D eigenvalue weighted by Gasteiger charge is 2.35. The van der Waals surface area contributed by atoms with Gasteiger partial charge in [0.2, 0.25) is 0 Å². The van der Waals surface area contributed by atoms with Gasteiger partial charge in [0.25, 0.3) is 0 Å². The first kappa shape index (κ1) is 9.61. The average molecular weight is 165 g/mol. The van der Waals surface area contributed by atoms with E-state index in [1.807, 2.05) is 0 Å². The van der Waals surface area contributed by atoms with Gasteiger partial charge in [-0.25, -0.2) is 0 Å². The Morgan fingerprint density at radius 2 is 2.17 bits per heavy atom. The lowest BCUT2D eigenvalue weighted by Crippen LogP contribution is -2.46. The van der Waals surface area contributed by atoms with Crippen molar-refractivity contribution in [1.29, 1.82) is 0 Å². The first-order chi connectivity index (χ1) is 5.64. The first-order valence-corrected chi connectivity index (χ1v) is 4.81. The molecule has 0 atom stereocenters. The Morgan fingerprint density at radius 3 is 2.67 bits per heavy atom.